The highest BCUT2D eigenvalue weighted by atomic mass is 16.5. The molecule has 5 nitrogen and oxygen atoms in total. The van der Waals surface area contributed by atoms with Crippen molar-refractivity contribution in [1.29, 1.82) is 0 Å². The molecular weight excluding hydrogens is 254 g/mol. The van der Waals surface area contributed by atoms with Crippen LogP contribution in [0, 0.1) is 0 Å². The maximum atomic E-state index is 11.4. The molecule has 0 unspecified atom stereocenters. The van der Waals surface area contributed by atoms with Gasteiger partial charge in [0.15, 0.2) is 0 Å². The molecule has 0 saturated heterocycles. The van der Waals surface area contributed by atoms with E-state index in [9.17, 15) is 4.79 Å². The van der Waals surface area contributed by atoms with Gasteiger partial charge in [0.1, 0.15) is 0 Å². The Labute approximate surface area is 118 Å². The molecule has 1 heterocycles. The van der Waals surface area contributed by atoms with Crippen molar-refractivity contribution < 1.29 is 9.53 Å². The highest BCUT2D eigenvalue weighted by Gasteiger charge is 2.30. The van der Waals surface area contributed by atoms with Gasteiger partial charge < -0.3 is 21.1 Å². The lowest BCUT2D eigenvalue weighted by Crippen LogP contribution is -2.41. The van der Waals surface area contributed by atoms with Crippen LogP contribution in [0.15, 0.2) is 12.1 Å². The summed E-state index contributed by atoms with van der Waals surface area (Å²) in [5.41, 5.74) is 9.76. The normalized spacial score (nSPS) is 24.6. The number of ether oxygens (including phenoxy) is 1. The van der Waals surface area contributed by atoms with Gasteiger partial charge in [-0.3, -0.25) is 4.79 Å². The summed E-state index contributed by atoms with van der Waals surface area (Å²) in [6.45, 7) is 2.79. The molecule has 1 fully saturated rings. The van der Waals surface area contributed by atoms with Gasteiger partial charge >= 0.3 is 0 Å². The lowest BCUT2D eigenvalue weighted by Gasteiger charge is -2.36. The van der Waals surface area contributed by atoms with Gasteiger partial charge in [-0.15, -0.1) is 0 Å². The van der Waals surface area contributed by atoms with Crippen molar-refractivity contribution in [1.82, 2.24) is 0 Å². The fraction of sp³-hybridized carbons (Fsp3) is 0.533. The molecule has 1 amide bonds. The first kappa shape index (κ1) is 13.2. The largest absolute Gasteiger partial charge is 0.397 e. The number of hydrogen-bond donors (Lipinski definition) is 3. The molecule has 1 aliphatic heterocycles. The van der Waals surface area contributed by atoms with Gasteiger partial charge in [-0.1, -0.05) is 0 Å². The molecule has 0 aromatic heterocycles. The zero-order valence-electron chi connectivity index (χ0n) is 11.7. The highest BCUT2D eigenvalue weighted by Crippen LogP contribution is 2.34. The summed E-state index contributed by atoms with van der Waals surface area (Å²) in [6, 6.07) is 4.33. The monoisotopic (exact) mass is 275 g/mol. The van der Waals surface area contributed by atoms with E-state index in [1.807, 2.05) is 19.1 Å². The average Bonchev–Trinajstić information content (AvgIpc) is 2.37. The van der Waals surface area contributed by atoms with Gasteiger partial charge in [-0.05, 0) is 43.9 Å². The van der Waals surface area contributed by atoms with Crippen LogP contribution in [0.5, 0.6) is 0 Å². The average molecular weight is 275 g/mol. The molecule has 0 bridgehead atoms. The number of nitrogen functional groups attached to an aromatic ring is 1. The minimum absolute atomic E-state index is 0.0771. The number of aryl methyl sites for hydroxylation is 1. The lowest BCUT2D eigenvalue weighted by atomic mass is 9.88. The van der Waals surface area contributed by atoms with Crippen LogP contribution in [-0.2, 0) is 16.0 Å². The van der Waals surface area contributed by atoms with Gasteiger partial charge in [-0.2, -0.15) is 0 Å². The van der Waals surface area contributed by atoms with Crippen molar-refractivity contribution in [2.45, 2.75) is 44.8 Å². The van der Waals surface area contributed by atoms with Crippen LogP contribution in [0.2, 0.25) is 0 Å². The zero-order valence-corrected chi connectivity index (χ0v) is 11.7. The molecule has 108 valence electrons. The predicted molar refractivity (Wildman–Crippen MR) is 79.9 cm³/mol. The molecule has 3 rings (SSSR count). The molecular formula is C15H21N3O2. The lowest BCUT2D eigenvalue weighted by molar-refractivity contribution is -0.116. The van der Waals surface area contributed by atoms with E-state index < -0.39 is 0 Å². The third-order valence-electron chi connectivity index (χ3n) is 4.03. The van der Waals surface area contributed by atoms with Crippen LogP contribution in [0.25, 0.3) is 0 Å². The first-order valence-corrected chi connectivity index (χ1v) is 7.26. The third kappa shape index (κ3) is 2.58. The summed E-state index contributed by atoms with van der Waals surface area (Å²) < 4.78 is 5.55. The number of carbonyl (C=O) groups is 1. The van der Waals surface area contributed by atoms with E-state index in [1.54, 1.807) is 0 Å². The zero-order chi connectivity index (χ0) is 14.1. The first-order valence-electron chi connectivity index (χ1n) is 7.26. The van der Waals surface area contributed by atoms with Crippen LogP contribution < -0.4 is 16.4 Å². The Morgan fingerprint density at radius 2 is 2.20 bits per heavy atom. The van der Waals surface area contributed by atoms with Crippen molar-refractivity contribution in [3.05, 3.63) is 17.7 Å². The first-order chi connectivity index (χ1) is 9.65. The molecule has 1 aliphatic carbocycles. The van der Waals surface area contributed by atoms with Gasteiger partial charge in [0.25, 0.3) is 0 Å². The molecule has 1 aromatic carbocycles. The summed E-state index contributed by atoms with van der Waals surface area (Å²) in [4.78, 5) is 11.4. The van der Waals surface area contributed by atoms with E-state index in [0.29, 0.717) is 18.6 Å². The standard InChI is InChI=1S/C15H21N3O2/c1-2-20-11-6-10(7-11)17-14-8-13-9(5-12(14)16)3-4-15(19)18-13/h5,8,10-11,17H,2-4,6-7,16H2,1H3,(H,18,19). The number of anilines is 3. The van der Waals surface area contributed by atoms with Crippen LogP contribution in [0.3, 0.4) is 0 Å². The van der Waals surface area contributed by atoms with Crippen LogP contribution >= 0.6 is 0 Å². The van der Waals surface area contributed by atoms with Crippen LogP contribution in [-0.4, -0.2) is 24.7 Å². The number of rotatable bonds is 4. The Morgan fingerprint density at radius 3 is 2.95 bits per heavy atom. The summed E-state index contributed by atoms with van der Waals surface area (Å²) in [7, 11) is 0. The van der Waals surface area contributed by atoms with Gasteiger partial charge in [-0.25, -0.2) is 0 Å². The number of carbonyl (C=O) groups excluding carboxylic acids is 1. The van der Waals surface area contributed by atoms with E-state index in [-0.39, 0.29) is 5.91 Å². The Hall–Kier alpha value is -1.75. The number of fused-ring (bicyclic) bond motifs is 1. The quantitative estimate of drug-likeness (QED) is 0.736. The van der Waals surface area contributed by atoms with Crippen molar-refractivity contribution in [2.24, 2.45) is 0 Å². The number of nitrogens with two attached hydrogens (primary N) is 1. The third-order valence-corrected chi connectivity index (χ3v) is 4.03. The van der Waals surface area contributed by atoms with Gasteiger partial charge in [0, 0.05) is 24.8 Å². The van der Waals surface area contributed by atoms with E-state index in [1.165, 1.54) is 0 Å². The summed E-state index contributed by atoms with van der Waals surface area (Å²) in [6.07, 6.45) is 3.70. The van der Waals surface area contributed by atoms with Crippen molar-refractivity contribution in [3.8, 4) is 0 Å². The number of benzene rings is 1. The minimum Gasteiger partial charge on any atom is -0.397 e. The van der Waals surface area contributed by atoms with Crippen LogP contribution in [0.1, 0.15) is 31.7 Å². The van der Waals surface area contributed by atoms with Crippen molar-refractivity contribution in [3.63, 3.8) is 0 Å². The molecule has 5 heteroatoms. The number of amides is 1. The second-order valence-electron chi connectivity index (χ2n) is 5.53. The Morgan fingerprint density at radius 1 is 1.40 bits per heavy atom. The van der Waals surface area contributed by atoms with Crippen molar-refractivity contribution >= 4 is 23.0 Å². The molecule has 2 aliphatic rings. The van der Waals surface area contributed by atoms with Gasteiger partial charge in [0.05, 0.1) is 17.5 Å². The molecule has 20 heavy (non-hydrogen) atoms. The predicted octanol–water partition coefficient (Wildman–Crippen LogP) is 2.13. The second-order valence-corrected chi connectivity index (χ2v) is 5.53. The SMILES string of the molecule is CCOC1CC(Nc2cc3c(cc2N)CCC(=O)N3)C1. The molecule has 0 spiro atoms. The summed E-state index contributed by atoms with van der Waals surface area (Å²) in [5.74, 6) is 0.0771. The Balaban J connectivity index is 1.68. The van der Waals surface area contributed by atoms with Crippen molar-refractivity contribution in [2.75, 3.05) is 23.0 Å². The van der Waals surface area contributed by atoms with E-state index in [4.69, 9.17) is 10.5 Å². The highest BCUT2D eigenvalue weighted by molar-refractivity contribution is 5.95. The number of nitrogens with one attached hydrogen (secondary N) is 2. The Kier molecular flexibility index (Phi) is 3.53. The molecule has 1 saturated carbocycles. The summed E-state index contributed by atoms with van der Waals surface area (Å²) >= 11 is 0. The molecule has 0 atom stereocenters. The smallest absolute Gasteiger partial charge is 0.224 e. The van der Waals surface area contributed by atoms with Gasteiger partial charge in [0.2, 0.25) is 5.91 Å². The topological polar surface area (TPSA) is 76.4 Å². The maximum absolute atomic E-state index is 11.4. The van der Waals surface area contributed by atoms with E-state index in [2.05, 4.69) is 10.6 Å². The Bertz CT molecular complexity index is 524. The molecule has 0 radical (unpaired) electrons. The van der Waals surface area contributed by atoms with E-state index >= 15 is 0 Å². The molecule has 1 aromatic rings. The maximum Gasteiger partial charge on any atom is 0.224 e. The van der Waals surface area contributed by atoms with Crippen LogP contribution in [0.4, 0.5) is 17.1 Å². The second kappa shape index (κ2) is 5.32. The minimum atomic E-state index is 0.0771. The molecule has 4 N–H and O–H groups in total. The fourth-order valence-electron chi connectivity index (χ4n) is 2.85. The summed E-state index contributed by atoms with van der Waals surface area (Å²) in [5, 5.41) is 6.35. The fourth-order valence-corrected chi connectivity index (χ4v) is 2.85. The number of hydrogen-bond acceptors (Lipinski definition) is 4. The van der Waals surface area contributed by atoms with E-state index in [0.717, 1.165) is 48.5 Å².